The Balaban J connectivity index is 2.01. The third-order valence-electron chi connectivity index (χ3n) is 2.98. The van der Waals surface area contributed by atoms with Crippen molar-refractivity contribution in [3.63, 3.8) is 0 Å². The number of alkyl halides is 1. The van der Waals surface area contributed by atoms with Crippen LogP contribution < -0.4 is 10.1 Å². The molecule has 1 heterocycles. The number of anilines is 1. The number of nitrogens with one attached hydrogen (secondary N) is 1. The number of hydrogen-bond acceptors (Lipinski definition) is 3. The van der Waals surface area contributed by atoms with E-state index in [1.165, 1.54) is 12.8 Å². The lowest BCUT2D eigenvalue weighted by Crippen LogP contribution is -2.32. The largest absolute Gasteiger partial charge is 0.481 e. The first kappa shape index (κ1) is 11.5. The molecule has 0 amide bonds. The SMILES string of the molecule is COc1cc(NC2CCCCC2Cl)ccn1. The number of halogens is 1. The molecule has 0 aliphatic heterocycles. The van der Waals surface area contributed by atoms with Gasteiger partial charge in [-0.15, -0.1) is 11.6 Å². The lowest BCUT2D eigenvalue weighted by molar-refractivity contribution is 0.398. The molecule has 1 N–H and O–H groups in total. The maximum atomic E-state index is 6.30. The number of ether oxygens (including phenoxy) is 1. The minimum atomic E-state index is 0.230. The van der Waals surface area contributed by atoms with Gasteiger partial charge in [0, 0.05) is 24.0 Å². The normalized spacial score (nSPS) is 25.1. The van der Waals surface area contributed by atoms with Crippen molar-refractivity contribution < 1.29 is 4.74 Å². The van der Waals surface area contributed by atoms with Crippen LogP contribution in [0.2, 0.25) is 0 Å². The van der Waals surface area contributed by atoms with Crippen LogP contribution in [0.5, 0.6) is 5.88 Å². The van der Waals surface area contributed by atoms with Crippen LogP contribution in [0.25, 0.3) is 0 Å². The Morgan fingerprint density at radius 1 is 1.44 bits per heavy atom. The number of rotatable bonds is 3. The average Bonchev–Trinajstić information content (AvgIpc) is 2.32. The summed E-state index contributed by atoms with van der Waals surface area (Å²) in [6.07, 6.45) is 6.47. The van der Waals surface area contributed by atoms with E-state index in [4.69, 9.17) is 16.3 Å². The van der Waals surface area contributed by atoms with E-state index in [1.54, 1.807) is 13.3 Å². The van der Waals surface area contributed by atoms with Crippen molar-refractivity contribution in [3.8, 4) is 5.88 Å². The van der Waals surface area contributed by atoms with Gasteiger partial charge in [0.2, 0.25) is 5.88 Å². The average molecular weight is 241 g/mol. The van der Waals surface area contributed by atoms with Crippen molar-refractivity contribution in [1.82, 2.24) is 4.98 Å². The molecule has 1 aromatic rings. The molecular weight excluding hydrogens is 224 g/mol. The topological polar surface area (TPSA) is 34.1 Å². The fraction of sp³-hybridized carbons (Fsp3) is 0.583. The predicted octanol–water partition coefficient (Wildman–Crippen LogP) is 3.05. The predicted molar refractivity (Wildman–Crippen MR) is 66.3 cm³/mol. The zero-order chi connectivity index (χ0) is 11.4. The third kappa shape index (κ3) is 2.79. The molecule has 1 aliphatic rings. The van der Waals surface area contributed by atoms with Gasteiger partial charge in [-0.3, -0.25) is 0 Å². The van der Waals surface area contributed by atoms with Crippen molar-refractivity contribution in [2.45, 2.75) is 37.1 Å². The van der Waals surface area contributed by atoms with E-state index in [0.29, 0.717) is 11.9 Å². The number of nitrogens with zero attached hydrogens (tertiary/aromatic N) is 1. The van der Waals surface area contributed by atoms with Gasteiger partial charge in [-0.2, -0.15) is 0 Å². The van der Waals surface area contributed by atoms with E-state index >= 15 is 0 Å². The standard InChI is InChI=1S/C12H17ClN2O/c1-16-12-8-9(6-7-14-12)15-11-5-3-2-4-10(11)13/h6-8,10-11H,2-5H2,1H3,(H,14,15). The number of methoxy groups -OCH3 is 1. The third-order valence-corrected chi connectivity index (χ3v) is 3.50. The molecule has 16 heavy (non-hydrogen) atoms. The molecule has 0 radical (unpaired) electrons. The van der Waals surface area contributed by atoms with E-state index in [0.717, 1.165) is 18.5 Å². The molecule has 1 saturated carbocycles. The van der Waals surface area contributed by atoms with Gasteiger partial charge >= 0.3 is 0 Å². The minimum absolute atomic E-state index is 0.230. The maximum Gasteiger partial charge on any atom is 0.214 e. The minimum Gasteiger partial charge on any atom is -0.481 e. The summed E-state index contributed by atoms with van der Waals surface area (Å²) < 4.78 is 5.09. The summed E-state index contributed by atoms with van der Waals surface area (Å²) in [7, 11) is 1.62. The van der Waals surface area contributed by atoms with Crippen LogP contribution in [-0.4, -0.2) is 23.5 Å². The molecule has 0 bridgehead atoms. The molecule has 1 aromatic heterocycles. The summed E-state index contributed by atoms with van der Waals surface area (Å²) in [6, 6.07) is 4.21. The van der Waals surface area contributed by atoms with Gasteiger partial charge in [0.05, 0.1) is 12.5 Å². The maximum absolute atomic E-state index is 6.30. The Bertz CT molecular complexity index is 346. The molecule has 1 fully saturated rings. The van der Waals surface area contributed by atoms with E-state index in [9.17, 15) is 0 Å². The van der Waals surface area contributed by atoms with Crippen molar-refractivity contribution in [2.75, 3.05) is 12.4 Å². The highest BCUT2D eigenvalue weighted by molar-refractivity contribution is 6.21. The summed E-state index contributed by atoms with van der Waals surface area (Å²) in [5.74, 6) is 0.631. The molecular formula is C12H17ClN2O. The highest BCUT2D eigenvalue weighted by Gasteiger charge is 2.22. The van der Waals surface area contributed by atoms with Gasteiger partial charge in [0.15, 0.2) is 0 Å². The zero-order valence-corrected chi connectivity index (χ0v) is 10.2. The summed E-state index contributed by atoms with van der Waals surface area (Å²) in [6.45, 7) is 0. The first-order chi connectivity index (χ1) is 7.79. The molecule has 88 valence electrons. The Morgan fingerprint density at radius 2 is 2.25 bits per heavy atom. The Labute approximate surface area is 101 Å². The fourth-order valence-electron chi connectivity index (χ4n) is 2.07. The molecule has 0 aromatic carbocycles. The molecule has 0 spiro atoms. The quantitative estimate of drug-likeness (QED) is 0.825. The highest BCUT2D eigenvalue weighted by atomic mass is 35.5. The molecule has 2 unspecified atom stereocenters. The van der Waals surface area contributed by atoms with Crippen molar-refractivity contribution in [1.29, 1.82) is 0 Å². The van der Waals surface area contributed by atoms with Crippen LogP contribution in [0, 0.1) is 0 Å². The van der Waals surface area contributed by atoms with Crippen LogP contribution in [0.15, 0.2) is 18.3 Å². The first-order valence-corrected chi connectivity index (χ1v) is 6.14. The van der Waals surface area contributed by atoms with Gasteiger partial charge in [-0.25, -0.2) is 4.98 Å². The van der Waals surface area contributed by atoms with E-state index < -0.39 is 0 Å². The van der Waals surface area contributed by atoms with Gasteiger partial charge < -0.3 is 10.1 Å². The van der Waals surface area contributed by atoms with E-state index in [1.807, 2.05) is 12.1 Å². The Hall–Kier alpha value is -0.960. The van der Waals surface area contributed by atoms with Gasteiger partial charge in [0.1, 0.15) is 0 Å². The molecule has 2 rings (SSSR count). The van der Waals surface area contributed by atoms with Crippen LogP contribution in [-0.2, 0) is 0 Å². The molecule has 3 nitrogen and oxygen atoms in total. The summed E-state index contributed by atoms with van der Waals surface area (Å²) in [4.78, 5) is 4.07. The van der Waals surface area contributed by atoms with E-state index in [-0.39, 0.29) is 5.38 Å². The van der Waals surface area contributed by atoms with Gasteiger partial charge in [-0.05, 0) is 18.9 Å². The fourth-order valence-corrected chi connectivity index (χ4v) is 2.42. The highest BCUT2D eigenvalue weighted by Crippen LogP contribution is 2.26. The lowest BCUT2D eigenvalue weighted by atomic mass is 9.95. The van der Waals surface area contributed by atoms with Crippen LogP contribution in [0.4, 0.5) is 5.69 Å². The zero-order valence-electron chi connectivity index (χ0n) is 9.45. The monoisotopic (exact) mass is 240 g/mol. The Morgan fingerprint density at radius 3 is 3.00 bits per heavy atom. The van der Waals surface area contributed by atoms with E-state index in [2.05, 4.69) is 10.3 Å². The van der Waals surface area contributed by atoms with Gasteiger partial charge in [-0.1, -0.05) is 12.8 Å². The second-order valence-corrected chi connectivity index (χ2v) is 4.70. The second kappa shape index (κ2) is 5.39. The first-order valence-electron chi connectivity index (χ1n) is 5.70. The van der Waals surface area contributed by atoms with Crippen LogP contribution in [0.1, 0.15) is 25.7 Å². The summed E-state index contributed by atoms with van der Waals surface area (Å²) >= 11 is 6.30. The number of aromatic nitrogens is 1. The van der Waals surface area contributed by atoms with Gasteiger partial charge in [0.25, 0.3) is 0 Å². The van der Waals surface area contributed by atoms with Crippen LogP contribution >= 0.6 is 11.6 Å². The van der Waals surface area contributed by atoms with Crippen molar-refractivity contribution in [3.05, 3.63) is 18.3 Å². The number of pyridine rings is 1. The van der Waals surface area contributed by atoms with Crippen LogP contribution in [0.3, 0.4) is 0 Å². The number of hydrogen-bond donors (Lipinski definition) is 1. The lowest BCUT2D eigenvalue weighted by Gasteiger charge is -2.28. The summed E-state index contributed by atoms with van der Waals surface area (Å²) in [5.41, 5.74) is 1.03. The molecule has 4 heteroatoms. The molecule has 1 aliphatic carbocycles. The second-order valence-electron chi connectivity index (χ2n) is 4.14. The summed E-state index contributed by atoms with van der Waals surface area (Å²) in [5, 5.41) is 3.68. The Kier molecular flexibility index (Phi) is 3.88. The molecule has 2 atom stereocenters. The van der Waals surface area contributed by atoms with Crippen molar-refractivity contribution in [2.24, 2.45) is 0 Å². The molecule has 0 saturated heterocycles. The smallest absolute Gasteiger partial charge is 0.214 e. The van der Waals surface area contributed by atoms with Crippen molar-refractivity contribution >= 4 is 17.3 Å².